The summed E-state index contributed by atoms with van der Waals surface area (Å²) in [7, 11) is 2.14. The van der Waals surface area contributed by atoms with Gasteiger partial charge in [0.05, 0.1) is 6.54 Å². The lowest BCUT2D eigenvalue weighted by molar-refractivity contribution is -0.115. The van der Waals surface area contributed by atoms with Crippen molar-refractivity contribution >= 4 is 11.6 Å². The van der Waals surface area contributed by atoms with Gasteiger partial charge in [0.15, 0.2) is 0 Å². The Morgan fingerprint density at radius 2 is 2.06 bits per heavy atom. The lowest BCUT2D eigenvalue weighted by Gasteiger charge is -2.15. The molecule has 0 radical (unpaired) electrons. The van der Waals surface area contributed by atoms with Crippen LogP contribution in [0.2, 0.25) is 0 Å². The van der Waals surface area contributed by atoms with Crippen molar-refractivity contribution in [3.63, 3.8) is 0 Å². The number of carbonyl (C=O) groups excluding carboxylic acids is 1. The quantitative estimate of drug-likeness (QED) is 0.714. The highest BCUT2D eigenvalue weighted by atomic mass is 16.1. The molecule has 0 heterocycles. The Bertz CT molecular complexity index is 376. The van der Waals surface area contributed by atoms with Gasteiger partial charge in [-0.25, -0.2) is 0 Å². The minimum atomic E-state index is 0.00951. The molecule has 2 rings (SSSR count). The van der Waals surface area contributed by atoms with E-state index in [0.717, 1.165) is 24.8 Å². The van der Waals surface area contributed by atoms with Crippen LogP contribution in [0, 0.1) is 0 Å². The zero-order valence-corrected chi connectivity index (χ0v) is 10.9. The standard InChI is InChI=1S/C14H21N3O/c1-17(13-7-8-13)10-9-15-11-14(18)16-12-5-3-2-4-6-12/h2-6,13,15H,7-11H2,1H3,(H,16,18). The van der Waals surface area contributed by atoms with E-state index < -0.39 is 0 Å². The molecule has 1 aliphatic rings. The fourth-order valence-corrected chi connectivity index (χ4v) is 1.88. The molecular formula is C14H21N3O. The van der Waals surface area contributed by atoms with Crippen LogP contribution in [0.25, 0.3) is 0 Å². The van der Waals surface area contributed by atoms with Crippen LogP contribution in [0.5, 0.6) is 0 Å². The summed E-state index contributed by atoms with van der Waals surface area (Å²) >= 11 is 0. The molecule has 1 fully saturated rings. The first-order valence-electron chi connectivity index (χ1n) is 6.51. The smallest absolute Gasteiger partial charge is 0.238 e. The number of anilines is 1. The number of nitrogens with one attached hydrogen (secondary N) is 2. The van der Waals surface area contributed by atoms with Gasteiger partial charge >= 0.3 is 0 Å². The molecule has 4 heteroatoms. The number of para-hydroxylation sites is 1. The van der Waals surface area contributed by atoms with Gasteiger partial charge in [0.1, 0.15) is 0 Å². The number of hydrogen-bond donors (Lipinski definition) is 2. The van der Waals surface area contributed by atoms with Crippen LogP contribution < -0.4 is 10.6 Å². The number of hydrogen-bond acceptors (Lipinski definition) is 3. The number of nitrogens with zero attached hydrogens (tertiary/aromatic N) is 1. The number of likely N-dealkylation sites (N-methyl/N-ethyl adjacent to an activating group) is 1. The van der Waals surface area contributed by atoms with Gasteiger partial charge in [-0.2, -0.15) is 0 Å². The zero-order chi connectivity index (χ0) is 12.8. The Morgan fingerprint density at radius 3 is 2.72 bits per heavy atom. The van der Waals surface area contributed by atoms with Crippen molar-refractivity contribution in [1.29, 1.82) is 0 Å². The van der Waals surface area contributed by atoms with Crippen molar-refractivity contribution in [2.45, 2.75) is 18.9 Å². The second-order valence-corrected chi connectivity index (χ2v) is 4.80. The van der Waals surface area contributed by atoms with E-state index in [9.17, 15) is 4.79 Å². The van der Waals surface area contributed by atoms with Crippen molar-refractivity contribution in [1.82, 2.24) is 10.2 Å². The largest absolute Gasteiger partial charge is 0.325 e. The molecule has 1 amide bonds. The van der Waals surface area contributed by atoms with Crippen LogP contribution in [0.3, 0.4) is 0 Å². The van der Waals surface area contributed by atoms with Crippen LogP contribution in [-0.2, 0) is 4.79 Å². The summed E-state index contributed by atoms with van der Waals surface area (Å²) in [5.41, 5.74) is 0.847. The van der Waals surface area contributed by atoms with E-state index in [4.69, 9.17) is 0 Å². The summed E-state index contributed by atoms with van der Waals surface area (Å²) in [5, 5.41) is 6.02. The van der Waals surface area contributed by atoms with Crippen LogP contribution in [0.15, 0.2) is 30.3 Å². The molecule has 4 nitrogen and oxygen atoms in total. The third-order valence-electron chi connectivity index (χ3n) is 3.15. The highest BCUT2D eigenvalue weighted by Gasteiger charge is 2.25. The van der Waals surface area contributed by atoms with Gasteiger partial charge in [0.2, 0.25) is 5.91 Å². The summed E-state index contributed by atoms with van der Waals surface area (Å²) in [6, 6.07) is 10.3. The first kappa shape index (κ1) is 13.1. The Kier molecular flexibility index (Phi) is 4.73. The molecular weight excluding hydrogens is 226 g/mol. The molecule has 0 unspecified atom stereocenters. The zero-order valence-electron chi connectivity index (χ0n) is 10.9. The van der Waals surface area contributed by atoms with Crippen LogP contribution in [0.4, 0.5) is 5.69 Å². The number of carbonyl (C=O) groups is 1. The Hall–Kier alpha value is -1.39. The highest BCUT2D eigenvalue weighted by Crippen LogP contribution is 2.24. The minimum absolute atomic E-state index is 0.00951. The molecule has 2 N–H and O–H groups in total. The van der Waals surface area contributed by atoms with E-state index in [0.29, 0.717) is 6.54 Å². The minimum Gasteiger partial charge on any atom is -0.325 e. The van der Waals surface area contributed by atoms with Gasteiger partial charge in [-0.15, -0.1) is 0 Å². The molecule has 0 aliphatic heterocycles. The Labute approximate surface area is 108 Å². The van der Waals surface area contributed by atoms with Gasteiger partial charge < -0.3 is 15.5 Å². The average molecular weight is 247 g/mol. The molecule has 0 spiro atoms. The summed E-state index contributed by atoms with van der Waals surface area (Å²) in [4.78, 5) is 14.0. The fraction of sp³-hybridized carbons (Fsp3) is 0.500. The maximum Gasteiger partial charge on any atom is 0.238 e. The molecule has 1 aliphatic carbocycles. The van der Waals surface area contributed by atoms with E-state index in [1.165, 1.54) is 12.8 Å². The molecule has 0 bridgehead atoms. The lowest BCUT2D eigenvalue weighted by atomic mass is 10.3. The highest BCUT2D eigenvalue weighted by molar-refractivity contribution is 5.92. The molecule has 0 aromatic heterocycles. The van der Waals surface area contributed by atoms with Crippen molar-refractivity contribution < 1.29 is 4.79 Å². The molecule has 1 aromatic rings. The predicted octanol–water partition coefficient (Wildman–Crippen LogP) is 1.31. The molecule has 1 aromatic carbocycles. The van der Waals surface area contributed by atoms with Crippen molar-refractivity contribution in [2.24, 2.45) is 0 Å². The molecule has 0 saturated heterocycles. The maximum absolute atomic E-state index is 11.6. The molecule has 0 atom stereocenters. The van der Waals surface area contributed by atoms with Gasteiger partial charge in [-0.1, -0.05) is 18.2 Å². The third kappa shape index (κ3) is 4.47. The van der Waals surface area contributed by atoms with E-state index in [-0.39, 0.29) is 5.91 Å². The number of amides is 1. The first-order chi connectivity index (χ1) is 8.75. The van der Waals surface area contributed by atoms with Gasteiger partial charge in [0.25, 0.3) is 0 Å². The van der Waals surface area contributed by atoms with Crippen LogP contribution in [0.1, 0.15) is 12.8 Å². The first-order valence-corrected chi connectivity index (χ1v) is 6.51. The van der Waals surface area contributed by atoms with Crippen LogP contribution in [-0.4, -0.2) is 43.5 Å². The summed E-state index contributed by atoms with van der Waals surface area (Å²) in [6.45, 7) is 2.23. The van der Waals surface area contributed by atoms with E-state index in [2.05, 4.69) is 22.6 Å². The van der Waals surface area contributed by atoms with Crippen LogP contribution >= 0.6 is 0 Å². The lowest BCUT2D eigenvalue weighted by Crippen LogP contribution is -2.35. The van der Waals surface area contributed by atoms with Gasteiger partial charge in [-0.3, -0.25) is 4.79 Å². The number of rotatable bonds is 7. The van der Waals surface area contributed by atoms with E-state index in [1.54, 1.807) is 0 Å². The van der Waals surface area contributed by atoms with Crippen molar-refractivity contribution in [3.05, 3.63) is 30.3 Å². The summed E-state index contributed by atoms with van der Waals surface area (Å²) < 4.78 is 0. The summed E-state index contributed by atoms with van der Waals surface area (Å²) in [6.07, 6.45) is 2.65. The molecule has 18 heavy (non-hydrogen) atoms. The Balaban J connectivity index is 1.57. The fourth-order valence-electron chi connectivity index (χ4n) is 1.88. The predicted molar refractivity (Wildman–Crippen MR) is 73.6 cm³/mol. The second kappa shape index (κ2) is 6.52. The van der Waals surface area contributed by atoms with Crippen molar-refractivity contribution in [3.8, 4) is 0 Å². The third-order valence-corrected chi connectivity index (χ3v) is 3.15. The van der Waals surface area contributed by atoms with Crippen molar-refractivity contribution in [2.75, 3.05) is 32.0 Å². The van der Waals surface area contributed by atoms with E-state index >= 15 is 0 Å². The summed E-state index contributed by atoms with van der Waals surface area (Å²) in [5.74, 6) is 0.00951. The van der Waals surface area contributed by atoms with Gasteiger partial charge in [-0.05, 0) is 32.0 Å². The normalized spacial score (nSPS) is 14.8. The molecule has 1 saturated carbocycles. The van der Waals surface area contributed by atoms with E-state index in [1.807, 2.05) is 30.3 Å². The average Bonchev–Trinajstić information content (AvgIpc) is 3.20. The SMILES string of the molecule is CN(CCNCC(=O)Nc1ccccc1)C1CC1. The number of benzene rings is 1. The monoisotopic (exact) mass is 247 g/mol. The topological polar surface area (TPSA) is 44.4 Å². The maximum atomic E-state index is 11.6. The van der Waals surface area contributed by atoms with Gasteiger partial charge in [0, 0.05) is 24.8 Å². The molecule has 98 valence electrons. The Morgan fingerprint density at radius 1 is 1.33 bits per heavy atom. The second-order valence-electron chi connectivity index (χ2n) is 4.80.